The Kier molecular flexibility index (Phi) is 5.80. The average molecular weight is 364 g/mol. The Morgan fingerprint density at radius 1 is 1.12 bits per heavy atom. The quantitative estimate of drug-likeness (QED) is 0.799. The fraction of sp³-hybridized carbons (Fsp3) is 0.235. The summed E-state index contributed by atoms with van der Waals surface area (Å²) in [5.41, 5.74) is 2.43. The van der Waals surface area contributed by atoms with Crippen molar-refractivity contribution in [2.45, 2.75) is 13.0 Å². The number of nitrogens with zero attached hydrogens (tertiary/aromatic N) is 1. The van der Waals surface area contributed by atoms with E-state index in [4.69, 9.17) is 12.2 Å². The molecular formula is C17H21N3O2S2. The summed E-state index contributed by atoms with van der Waals surface area (Å²) in [6, 6.07) is 17.1. The van der Waals surface area contributed by atoms with E-state index in [0.717, 1.165) is 11.3 Å². The van der Waals surface area contributed by atoms with Crippen LogP contribution in [-0.4, -0.2) is 26.8 Å². The smallest absolute Gasteiger partial charge is 0.231 e. The summed E-state index contributed by atoms with van der Waals surface area (Å²) in [5.74, 6) is 0. The van der Waals surface area contributed by atoms with Gasteiger partial charge < -0.3 is 10.6 Å². The monoisotopic (exact) mass is 363 g/mol. The summed E-state index contributed by atoms with van der Waals surface area (Å²) >= 11 is 5.34. The van der Waals surface area contributed by atoms with Crippen molar-refractivity contribution in [3.63, 3.8) is 0 Å². The van der Waals surface area contributed by atoms with Gasteiger partial charge in [-0.3, -0.25) is 4.31 Å². The van der Waals surface area contributed by atoms with Gasteiger partial charge in [-0.05, 0) is 42.9 Å². The summed E-state index contributed by atoms with van der Waals surface area (Å²) in [7, 11) is -1.78. The largest absolute Gasteiger partial charge is 0.356 e. The maximum Gasteiger partial charge on any atom is 0.231 e. The minimum Gasteiger partial charge on any atom is -0.356 e. The molecule has 0 aliphatic heterocycles. The molecule has 0 saturated carbocycles. The molecule has 0 heterocycles. The summed E-state index contributed by atoms with van der Waals surface area (Å²) in [6.45, 7) is 2.02. The van der Waals surface area contributed by atoms with E-state index in [9.17, 15) is 8.42 Å². The second kappa shape index (κ2) is 7.63. The normalized spacial score (nSPS) is 12.3. The molecule has 0 bridgehead atoms. The molecule has 2 rings (SSSR count). The van der Waals surface area contributed by atoms with Crippen LogP contribution in [0, 0.1) is 0 Å². The Hall–Kier alpha value is -2.12. The van der Waals surface area contributed by atoms with Crippen LogP contribution in [-0.2, 0) is 10.0 Å². The van der Waals surface area contributed by atoms with E-state index in [1.54, 1.807) is 18.2 Å². The molecule has 0 spiro atoms. The second-order valence-corrected chi connectivity index (χ2v) is 7.93. The highest BCUT2D eigenvalue weighted by atomic mass is 32.2. The molecular weight excluding hydrogens is 342 g/mol. The van der Waals surface area contributed by atoms with Gasteiger partial charge in [-0.15, -0.1) is 0 Å². The highest BCUT2D eigenvalue weighted by Crippen LogP contribution is 2.20. The molecule has 0 radical (unpaired) electrons. The summed E-state index contributed by atoms with van der Waals surface area (Å²) in [4.78, 5) is 0. The van der Waals surface area contributed by atoms with Crippen LogP contribution >= 0.6 is 12.2 Å². The number of thiocarbonyl (C=S) groups is 1. The zero-order chi connectivity index (χ0) is 17.7. The first-order valence-electron chi connectivity index (χ1n) is 7.44. The minimum absolute atomic E-state index is 0.0630. The predicted octanol–water partition coefficient (Wildman–Crippen LogP) is 3.13. The molecule has 0 unspecified atom stereocenters. The molecule has 0 amide bonds. The van der Waals surface area contributed by atoms with E-state index >= 15 is 0 Å². The van der Waals surface area contributed by atoms with E-state index in [1.165, 1.54) is 17.6 Å². The Morgan fingerprint density at radius 2 is 1.79 bits per heavy atom. The lowest BCUT2D eigenvalue weighted by Crippen LogP contribution is -2.31. The number of benzene rings is 2. The lowest BCUT2D eigenvalue weighted by Gasteiger charge is -2.19. The van der Waals surface area contributed by atoms with Crippen LogP contribution < -0.4 is 14.9 Å². The molecule has 0 aromatic heterocycles. The van der Waals surface area contributed by atoms with Gasteiger partial charge in [-0.2, -0.15) is 0 Å². The maximum absolute atomic E-state index is 11.6. The van der Waals surface area contributed by atoms with Crippen molar-refractivity contribution in [1.82, 2.24) is 5.32 Å². The lowest BCUT2D eigenvalue weighted by atomic mass is 10.1. The standard InChI is InChI=1S/C17H21N3O2S2/c1-13(14-8-5-4-6-9-14)18-17(23)19-15-10-7-11-16(12-15)20(2)24(3,21)22/h4-13H,1-3H3,(H2,18,19,23)/t13-/m0/s1. The van der Waals surface area contributed by atoms with Crippen LogP contribution in [0.1, 0.15) is 18.5 Å². The number of hydrogen-bond donors (Lipinski definition) is 2. The van der Waals surface area contributed by atoms with Gasteiger partial charge in [0.15, 0.2) is 5.11 Å². The first kappa shape index (κ1) is 18.2. The van der Waals surface area contributed by atoms with E-state index in [-0.39, 0.29) is 6.04 Å². The third kappa shape index (κ3) is 4.94. The Morgan fingerprint density at radius 3 is 2.42 bits per heavy atom. The van der Waals surface area contributed by atoms with Crippen molar-refractivity contribution in [1.29, 1.82) is 0 Å². The summed E-state index contributed by atoms with van der Waals surface area (Å²) in [6.07, 6.45) is 1.17. The zero-order valence-corrected chi connectivity index (χ0v) is 15.5. The fourth-order valence-electron chi connectivity index (χ4n) is 2.16. The van der Waals surface area contributed by atoms with Gasteiger partial charge in [0.05, 0.1) is 18.0 Å². The average Bonchev–Trinajstić information content (AvgIpc) is 2.54. The van der Waals surface area contributed by atoms with Crippen molar-refractivity contribution in [3.05, 3.63) is 60.2 Å². The number of nitrogens with one attached hydrogen (secondary N) is 2. The van der Waals surface area contributed by atoms with Gasteiger partial charge in [0.2, 0.25) is 10.0 Å². The van der Waals surface area contributed by atoms with Crippen LogP contribution in [0.4, 0.5) is 11.4 Å². The molecule has 2 N–H and O–H groups in total. The molecule has 2 aromatic carbocycles. The van der Waals surface area contributed by atoms with Crippen molar-refractivity contribution in [2.24, 2.45) is 0 Å². The molecule has 5 nitrogen and oxygen atoms in total. The highest BCUT2D eigenvalue weighted by molar-refractivity contribution is 7.92. The van der Waals surface area contributed by atoms with Crippen molar-refractivity contribution in [3.8, 4) is 0 Å². The number of hydrogen-bond acceptors (Lipinski definition) is 3. The van der Waals surface area contributed by atoms with Gasteiger partial charge in [-0.1, -0.05) is 36.4 Å². The molecule has 0 aliphatic rings. The Bertz CT molecular complexity index is 808. The van der Waals surface area contributed by atoms with Crippen LogP contribution in [0.5, 0.6) is 0 Å². The van der Waals surface area contributed by atoms with Crippen LogP contribution in [0.25, 0.3) is 0 Å². The van der Waals surface area contributed by atoms with Gasteiger partial charge >= 0.3 is 0 Å². The Labute approximate surface area is 148 Å². The zero-order valence-electron chi connectivity index (χ0n) is 13.9. The number of sulfonamides is 1. The fourth-order valence-corrected chi connectivity index (χ4v) is 2.95. The predicted molar refractivity (Wildman–Crippen MR) is 104 cm³/mol. The van der Waals surface area contributed by atoms with E-state index in [1.807, 2.05) is 43.3 Å². The summed E-state index contributed by atoms with van der Waals surface area (Å²) in [5, 5.41) is 6.78. The highest BCUT2D eigenvalue weighted by Gasteiger charge is 2.12. The van der Waals surface area contributed by atoms with Crippen LogP contribution in [0.15, 0.2) is 54.6 Å². The topological polar surface area (TPSA) is 61.4 Å². The van der Waals surface area contributed by atoms with E-state index in [0.29, 0.717) is 10.8 Å². The molecule has 128 valence electrons. The van der Waals surface area contributed by atoms with Gasteiger partial charge in [0.1, 0.15) is 0 Å². The third-order valence-corrected chi connectivity index (χ3v) is 5.04. The minimum atomic E-state index is -3.30. The van der Waals surface area contributed by atoms with Crippen LogP contribution in [0.2, 0.25) is 0 Å². The van der Waals surface area contributed by atoms with Gasteiger partial charge in [0.25, 0.3) is 0 Å². The molecule has 24 heavy (non-hydrogen) atoms. The molecule has 0 saturated heterocycles. The van der Waals surface area contributed by atoms with E-state index in [2.05, 4.69) is 10.6 Å². The van der Waals surface area contributed by atoms with Gasteiger partial charge in [0, 0.05) is 12.7 Å². The van der Waals surface area contributed by atoms with E-state index < -0.39 is 10.0 Å². The summed E-state index contributed by atoms with van der Waals surface area (Å²) < 4.78 is 24.5. The SMILES string of the molecule is C[C@H](NC(=S)Nc1cccc(N(C)S(C)(=O)=O)c1)c1ccccc1. The molecule has 2 aromatic rings. The van der Waals surface area contributed by atoms with Crippen molar-refractivity contribution < 1.29 is 8.42 Å². The molecule has 0 fully saturated rings. The Balaban J connectivity index is 2.04. The van der Waals surface area contributed by atoms with Crippen LogP contribution in [0.3, 0.4) is 0 Å². The maximum atomic E-state index is 11.6. The third-order valence-electron chi connectivity index (χ3n) is 3.61. The molecule has 0 aliphatic carbocycles. The first-order chi connectivity index (χ1) is 11.3. The second-order valence-electron chi connectivity index (χ2n) is 5.51. The van der Waals surface area contributed by atoms with Gasteiger partial charge in [-0.25, -0.2) is 8.42 Å². The molecule has 1 atom stereocenters. The number of anilines is 2. The van der Waals surface area contributed by atoms with Crippen molar-refractivity contribution in [2.75, 3.05) is 22.9 Å². The lowest BCUT2D eigenvalue weighted by molar-refractivity contribution is 0.600. The van der Waals surface area contributed by atoms with Crippen molar-refractivity contribution >= 4 is 38.7 Å². The number of rotatable bonds is 5. The first-order valence-corrected chi connectivity index (χ1v) is 9.69. The molecule has 7 heteroatoms.